The number of hydrogen-bond donors (Lipinski definition) is 1. The summed E-state index contributed by atoms with van der Waals surface area (Å²) in [6.45, 7) is 0.477. The van der Waals surface area contributed by atoms with Crippen LogP contribution in [-0.2, 0) is 9.53 Å². The second kappa shape index (κ2) is 4.13. The van der Waals surface area contributed by atoms with Gasteiger partial charge >= 0.3 is 5.97 Å². The summed E-state index contributed by atoms with van der Waals surface area (Å²) < 4.78 is 4.80. The van der Waals surface area contributed by atoms with Gasteiger partial charge in [0.05, 0.1) is 18.2 Å². The van der Waals surface area contributed by atoms with Crippen LogP contribution in [0.2, 0.25) is 0 Å². The maximum atomic E-state index is 11.1. The standard InChI is InChI=1S/C11H11NO3/c13-10-3-1-9(2-4-10)12-7-8-5-6-15-11(8)14/h1-4,7-8,13H,5-6H2. The second-order valence-corrected chi connectivity index (χ2v) is 3.36. The van der Waals surface area contributed by atoms with E-state index in [9.17, 15) is 4.79 Å². The highest BCUT2D eigenvalue weighted by molar-refractivity contribution is 5.91. The Hall–Kier alpha value is -1.84. The minimum Gasteiger partial charge on any atom is -0.508 e. The van der Waals surface area contributed by atoms with Crippen LogP contribution >= 0.6 is 0 Å². The Kier molecular flexibility index (Phi) is 2.67. The molecular weight excluding hydrogens is 194 g/mol. The monoisotopic (exact) mass is 205 g/mol. The molecule has 1 N–H and O–H groups in total. The summed E-state index contributed by atoms with van der Waals surface area (Å²) in [4.78, 5) is 15.2. The number of ether oxygens (including phenoxy) is 1. The number of rotatable bonds is 2. The van der Waals surface area contributed by atoms with Gasteiger partial charge < -0.3 is 9.84 Å². The Morgan fingerprint density at radius 3 is 2.73 bits per heavy atom. The van der Waals surface area contributed by atoms with Crippen LogP contribution in [0.3, 0.4) is 0 Å². The molecular formula is C11H11NO3. The first kappa shape index (κ1) is 9.71. The van der Waals surface area contributed by atoms with Gasteiger partial charge in [-0.1, -0.05) is 0 Å². The lowest BCUT2D eigenvalue weighted by Crippen LogP contribution is -2.08. The zero-order chi connectivity index (χ0) is 10.7. The fraction of sp³-hybridized carbons (Fsp3) is 0.273. The van der Waals surface area contributed by atoms with Crippen LogP contribution in [0.4, 0.5) is 5.69 Å². The summed E-state index contributed by atoms with van der Waals surface area (Å²) in [5.41, 5.74) is 0.715. The molecule has 4 nitrogen and oxygen atoms in total. The summed E-state index contributed by atoms with van der Waals surface area (Å²) in [6, 6.07) is 6.48. The van der Waals surface area contributed by atoms with Crippen LogP contribution in [-0.4, -0.2) is 23.9 Å². The Labute approximate surface area is 87.2 Å². The first-order chi connectivity index (χ1) is 7.25. The number of benzene rings is 1. The van der Waals surface area contributed by atoms with E-state index in [4.69, 9.17) is 9.84 Å². The summed E-state index contributed by atoms with van der Waals surface area (Å²) in [6.07, 6.45) is 2.29. The summed E-state index contributed by atoms with van der Waals surface area (Å²) in [7, 11) is 0. The molecule has 0 saturated carbocycles. The lowest BCUT2D eigenvalue weighted by Gasteiger charge is -1.97. The highest BCUT2D eigenvalue weighted by Crippen LogP contribution is 2.18. The van der Waals surface area contributed by atoms with Crippen molar-refractivity contribution in [1.29, 1.82) is 0 Å². The molecule has 1 aromatic rings. The lowest BCUT2D eigenvalue weighted by atomic mass is 10.1. The molecule has 0 amide bonds. The highest BCUT2D eigenvalue weighted by Gasteiger charge is 2.24. The molecule has 1 aromatic carbocycles. The Bertz CT molecular complexity index is 383. The third-order valence-corrected chi connectivity index (χ3v) is 2.23. The Balaban J connectivity index is 2.04. The first-order valence-electron chi connectivity index (χ1n) is 4.75. The van der Waals surface area contributed by atoms with Crippen molar-refractivity contribution in [2.75, 3.05) is 6.61 Å². The molecule has 4 heteroatoms. The van der Waals surface area contributed by atoms with Crippen molar-refractivity contribution in [1.82, 2.24) is 0 Å². The van der Waals surface area contributed by atoms with Crippen molar-refractivity contribution in [2.45, 2.75) is 6.42 Å². The van der Waals surface area contributed by atoms with Gasteiger partial charge in [-0.15, -0.1) is 0 Å². The summed E-state index contributed by atoms with van der Waals surface area (Å²) >= 11 is 0. The van der Waals surface area contributed by atoms with Gasteiger partial charge in [-0.3, -0.25) is 9.79 Å². The van der Waals surface area contributed by atoms with Crippen LogP contribution in [0.5, 0.6) is 5.75 Å². The normalized spacial score (nSPS) is 20.8. The maximum Gasteiger partial charge on any atom is 0.314 e. The third-order valence-electron chi connectivity index (χ3n) is 2.23. The van der Waals surface area contributed by atoms with Crippen molar-refractivity contribution in [3.8, 4) is 5.75 Å². The average molecular weight is 205 g/mol. The van der Waals surface area contributed by atoms with Crippen molar-refractivity contribution in [3.05, 3.63) is 24.3 Å². The van der Waals surface area contributed by atoms with E-state index in [1.807, 2.05) is 0 Å². The summed E-state index contributed by atoms with van der Waals surface area (Å²) in [5, 5.41) is 9.05. The fourth-order valence-corrected chi connectivity index (χ4v) is 1.36. The molecule has 0 aromatic heterocycles. The van der Waals surface area contributed by atoms with E-state index in [1.54, 1.807) is 30.5 Å². The maximum absolute atomic E-state index is 11.1. The number of carbonyl (C=O) groups excluding carboxylic acids is 1. The molecule has 0 spiro atoms. The number of aliphatic imine (C=N–C) groups is 1. The molecule has 1 aliphatic rings. The zero-order valence-electron chi connectivity index (χ0n) is 8.09. The molecule has 1 atom stereocenters. The first-order valence-corrected chi connectivity index (χ1v) is 4.75. The highest BCUT2D eigenvalue weighted by atomic mass is 16.5. The van der Waals surface area contributed by atoms with E-state index in [2.05, 4.69) is 4.99 Å². The van der Waals surface area contributed by atoms with Crippen molar-refractivity contribution in [2.24, 2.45) is 10.9 Å². The lowest BCUT2D eigenvalue weighted by molar-refractivity contribution is -0.139. The van der Waals surface area contributed by atoms with E-state index < -0.39 is 0 Å². The largest absolute Gasteiger partial charge is 0.508 e. The number of hydrogen-bond acceptors (Lipinski definition) is 4. The van der Waals surface area contributed by atoms with Gasteiger partial charge in [-0.2, -0.15) is 0 Å². The van der Waals surface area contributed by atoms with Crippen molar-refractivity contribution in [3.63, 3.8) is 0 Å². The third kappa shape index (κ3) is 2.34. The van der Waals surface area contributed by atoms with Crippen LogP contribution in [0.15, 0.2) is 29.3 Å². The fourth-order valence-electron chi connectivity index (χ4n) is 1.36. The molecule has 0 aliphatic carbocycles. The molecule has 78 valence electrons. The summed E-state index contributed by atoms with van der Waals surface area (Å²) in [5.74, 6) is -0.231. The topological polar surface area (TPSA) is 58.9 Å². The van der Waals surface area contributed by atoms with Gasteiger partial charge in [0.15, 0.2) is 0 Å². The smallest absolute Gasteiger partial charge is 0.314 e. The molecule has 15 heavy (non-hydrogen) atoms. The SMILES string of the molecule is O=C1OCCC1C=Nc1ccc(O)cc1. The number of carbonyl (C=O) groups is 1. The van der Waals surface area contributed by atoms with E-state index >= 15 is 0 Å². The number of phenolic OH excluding ortho intramolecular Hbond substituents is 1. The van der Waals surface area contributed by atoms with Crippen LogP contribution in [0, 0.1) is 5.92 Å². The Morgan fingerprint density at radius 1 is 1.40 bits per heavy atom. The molecule has 1 fully saturated rings. The van der Waals surface area contributed by atoms with E-state index in [-0.39, 0.29) is 17.6 Å². The van der Waals surface area contributed by atoms with Gasteiger partial charge in [-0.25, -0.2) is 0 Å². The van der Waals surface area contributed by atoms with Gasteiger partial charge in [-0.05, 0) is 30.7 Å². The number of phenols is 1. The quantitative estimate of drug-likeness (QED) is 0.590. The molecule has 1 saturated heterocycles. The average Bonchev–Trinajstić information content (AvgIpc) is 2.63. The van der Waals surface area contributed by atoms with E-state index in [0.29, 0.717) is 18.7 Å². The van der Waals surface area contributed by atoms with Crippen molar-refractivity contribution < 1.29 is 14.6 Å². The van der Waals surface area contributed by atoms with Gasteiger partial charge in [0.25, 0.3) is 0 Å². The minimum atomic E-state index is -0.223. The number of esters is 1. The van der Waals surface area contributed by atoms with Crippen LogP contribution < -0.4 is 0 Å². The second-order valence-electron chi connectivity index (χ2n) is 3.36. The van der Waals surface area contributed by atoms with Crippen molar-refractivity contribution >= 4 is 17.9 Å². The Morgan fingerprint density at radius 2 is 2.13 bits per heavy atom. The predicted octanol–water partition coefficient (Wildman–Crippen LogP) is 1.66. The molecule has 1 aliphatic heterocycles. The number of nitrogens with zero attached hydrogens (tertiary/aromatic N) is 1. The minimum absolute atomic E-state index is 0.203. The molecule has 1 unspecified atom stereocenters. The number of cyclic esters (lactones) is 1. The van der Waals surface area contributed by atoms with Gasteiger partial charge in [0.1, 0.15) is 5.75 Å². The molecule has 1 heterocycles. The van der Waals surface area contributed by atoms with Gasteiger partial charge in [0, 0.05) is 6.21 Å². The molecule has 0 radical (unpaired) electrons. The van der Waals surface area contributed by atoms with Crippen LogP contribution in [0.1, 0.15) is 6.42 Å². The predicted molar refractivity (Wildman–Crippen MR) is 55.3 cm³/mol. The van der Waals surface area contributed by atoms with E-state index in [0.717, 1.165) is 0 Å². The van der Waals surface area contributed by atoms with Gasteiger partial charge in [0.2, 0.25) is 0 Å². The molecule has 2 rings (SSSR count). The van der Waals surface area contributed by atoms with E-state index in [1.165, 1.54) is 0 Å². The van der Waals surface area contributed by atoms with Crippen LogP contribution in [0.25, 0.3) is 0 Å². The molecule has 0 bridgehead atoms. The number of aromatic hydroxyl groups is 1. The zero-order valence-corrected chi connectivity index (χ0v) is 8.09.